The van der Waals surface area contributed by atoms with Gasteiger partial charge in [-0.15, -0.1) is 0 Å². The summed E-state index contributed by atoms with van der Waals surface area (Å²) in [6, 6.07) is 0. The van der Waals surface area contributed by atoms with Gasteiger partial charge in [-0.1, -0.05) is 311 Å². The van der Waals surface area contributed by atoms with Gasteiger partial charge in [0.25, 0.3) is 0 Å². The summed E-state index contributed by atoms with van der Waals surface area (Å²) in [6.07, 6.45) is 87.1. The Labute approximate surface area is 477 Å². The predicted octanol–water partition coefficient (Wildman–Crippen LogP) is 22.4. The zero-order valence-electron chi connectivity index (χ0n) is 50.7. The highest BCUT2D eigenvalue weighted by Crippen LogP contribution is 2.17. The Morgan fingerprint density at radius 2 is 0.506 bits per heavy atom. The number of unbranched alkanes of at least 4 members (excludes halogenated alkanes) is 32. The molecule has 442 valence electrons. The summed E-state index contributed by atoms with van der Waals surface area (Å²) < 4.78 is 16.9. The molecular weight excluding hydrogens is 949 g/mol. The first-order valence-corrected chi connectivity index (χ1v) is 32.7. The molecule has 0 aliphatic carbocycles. The normalized spacial score (nSPS) is 12.7. The standard InChI is InChI=1S/C71H122O6/c1-4-7-10-13-16-19-22-25-26-27-28-29-30-31-32-33-34-35-36-37-38-39-40-41-42-43-44-45-46-47-50-52-55-58-61-64-70(73)76-67-68(77-71(74)65-62-59-56-53-49-24-21-18-15-12-9-6-3)66-75-69(72)63-60-57-54-51-48-23-20-17-14-11-8-5-2/h7,10,16,19,25-26,28-29,31-32,34-35,37-38,40-41,68H,4-6,8-9,11-15,17-18,20-24,27,30,33,36,39,42-67H2,1-3H3/b10-7-,19-16-,26-25-,29-28-,32-31-,35-34-,38-37-,41-40-. The maximum absolute atomic E-state index is 12.8. The van der Waals surface area contributed by atoms with Crippen molar-refractivity contribution < 1.29 is 28.6 Å². The van der Waals surface area contributed by atoms with E-state index < -0.39 is 6.10 Å². The van der Waals surface area contributed by atoms with Gasteiger partial charge >= 0.3 is 17.9 Å². The molecule has 0 aromatic heterocycles. The first-order chi connectivity index (χ1) is 38.0. The first kappa shape index (κ1) is 73.3. The topological polar surface area (TPSA) is 78.9 Å². The van der Waals surface area contributed by atoms with Crippen molar-refractivity contribution in [1.82, 2.24) is 0 Å². The van der Waals surface area contributed by atoms with E-state index in [1.54, 1.807) is 0 Å². The fourth-order valence-electron chi connectivity index (χ4n) is 9.23. The molecule has 0 N–H and O–H groups in total. The van der Waals surface area contributed by atoms with Crippen LogP contribution in [0.25, 0.3) is 0 Å². The number of hydrogen-bond acceptors (Lipinski definition) is 6. The van der Waals surface area contributed by atoms with Crippen LogP contribution >= 0.6 is 0 Å². The molecule has 77 heavy (non-hydrogen) atoms. The highest BCUT2D eigenvalue weighted by molar-refractivity contribution is 5.71. The van der Waals surface area contributed by atoms with Crippen LogP contribution < -0.4 is 0 Å². The van der Waals surface area contributed by atoms with Crippen molar-refractivity contribution in [1.29, 1.82) is 0 Å². The van der Waals surface area contributed by atoms with Gasteiger partial charge in [0.15, 0.2) is 6.10 Å². The van der Waals surface area contributed by atoms with Crippen molar-refractivity contribution in [3.63, 3.8) is 0 Å². The average Bonchev–Trinajstić information content (AvgIpc) is 3.43. The molecule has 0 aliphatic rings. The molecule has 0 fully saturated rings. The Bertz CT molecular complexity index is 1510. The van der Waals surface area contributed by atoms with Crippen molar-refractivity contribution >= 4 is 17.9 Å². The van der Waals surface area contributed by atoms with E-state index in [1.807, 2.05) is 0 Å². The number of allylic oxidation sites excluding steroid dienone is 16. The van der Waals surface area contributed by atoms with Gasteiger partial charge in [0, 0.05) is 19.3 Å². The maximum atomic E-state index is 12.8. The lowest BCUT2D eigenvalue weighted by Gasteiger charge is -2.18. The molecule has 0 radical (unpaired) electrons. The molecule has 1 atom stereocenters. The number of carbonyl (C=O) groups excluding carboxylic acids is 3. The van der Waals surface area contributed by atoms with E-state index in [-0.39, 0.29) is 31.1 Å². The van der Waals surface area contributed by atoms with Gasteiger partial charge in [-0.2, -0.15) is 0 Å². The van der Waals surface area contributed by atoms with Gasteiger partial charge in [-0.3, -0.25) is 14.4 Å². The lowest BCUT2D eigenvalue weighted by Crippen LogP contribution is -2.30. The molecule has 0 amide bonds. The van der Waals surface area contributed by atoms with Crippen molar-refractivity contribution in [2.45, 2.75) is 322 Å². The van der Waals surface area contributed by atoms with Gasteiger partial charge in [0.1, 0.15) is 13.2 Å². The second-order valence-corrected chi connectivity index (χ2v) is 21.7. The molecule has 1 unspecified atom stereocenters. The zero-order chi connectivity index (χ0) is 55.7. The van der Waals surface area contributed by atoms with Gasteiger partial charge in [0.2, 0.25) is 0 Å². The smallest absolute Gasteiger partial charge is 0.306 e. The molecule has 0 saturated carbocycles. The molecule has 6 heteroatoms. The molecule has 0 heterocycles. The van der Waals surface area contributed by atoms with Crippen LogP contribution in [0, 0.1) is 0 Å². The minimum atomic E-state index is -0.774. The van der Waals surface area contributed by atoms with Crippen LogP contribution in [-0.4, -0.2) is 37.2 Å². The molecule has 0 saturated heterocycles. The SMILES string of the molecule is CC/C=C\C/C=C\C/C=C\C/C=C\C/C=C\C/C=C\C/C=C\C/C=C\CCCCCCCCCCCCC(=O)OCC(COC(=O)CCCCCCCCCCCCCC)OC(=O)CCCCCCCCCCCCCC. The van der Waals surface area contributed by atoms with Gasteiger partial charge in [-0.25, -0.2) is 0 Å². The zero-order valence-corrected chi connectivity index (χ0v) is 50.7. The average molecular weight is 1070 g/mol. The Hall–Kier alpha value is -3.67. The molecule has 0 aromatic rings. The van der Waals surface area contributed by atoms with E-state index in [1.165, 1.54) is 167 Å². The number of esters is 3. The number of ether oxygens (including phenoxy) is 3. The largest absolute Gasteiger partial charge is 0.462 e. The van der Waals surface area contributed by atoms with E-state index in [0.717, 1.165) is 109 Å². The molecular formula is C71H122O6. The summed E-state index contributed by atoms with van der Waals surface area (Å²) in [5, 5.41) is 0. The minimum Gasteiger partial charge on any atom is -0.462 e. The molecule has 0 rings (SSSR count). The van der Waals surface area contributed by atoms with Gasteiger partial charge in [-0.05, 0) is 83.5 Å². The van der Waals surface area contributed by atoms with Gasteiger partial charge in [0.05, 0.1) is 0 Å². The molecule has 0 aliphatic heterocycles. The summed E-state index contributed by atoms with van der Waals surface area (Å²) >= 11 is 0. The maximum Gasteiger partial charge on any atom is 0.306 e. The third kappa shape index (κ3) is 63.0. The van der Waals surface area contributed by atoms with Crippen LogP contribution in [0.4, 0.5) is 0 Å². The van der Waals surface area contributed by atoms with Crippen LogP contribution in [0.2, 0.25) is 0 Å². The molecule has 0 aromatic carbocycles. The number of hydrogen-bond donors (Lipinski definition) is 0. The highest BCUT2D eigenvalue weighted by atomic mass is 16.6. The summed E-state index contributed by atoms with van der Waals surface area (Å²) in [5.41, 5.74) is 0. The second-order valence-electron chi connectivity index (χ2n) is 21.7. The van der Waals surface area contributed by atoms with Crippen molar-refractivity contribution in [2.75, 3.05) is 13.2 Å². The van der Waals surface area contributed by atoms with E-state index in [0.29, 0.717) is 19.3 Å². The number of carbonyl (C=O) groups is 3. The number of rotatable bonds is 59. The molecule has 6 nitrogen and oxygen atoms in total. The lowest BCUT2D eigenvalue weighted by atomic mass is 10.0. The van der Waals surface area contributed by atoms with E-state index >= 15 is 0 Å². The minimum absolute atomic E-state index is 0.0727. The van der Waals surface area contributed by atoms with E-state index in [4.69, 9.17) is 14.2 Å². The first-order valence-electron chi connectivity index (χ1n) is 32.7. The van der Waals surface area contributed by atoms with Crippen molar-refractivity contribution in [2.24, 2.45) is 0 Å². The third-order valence-corrected chi connectivity index (χ3v) is 14.1. The van der Waals surface area contributed by atoms with Gasteiger partial charge < -0.3 is 14.2 Å². The second kappa shape index (κ2) is 64.9. The van der Waals surface area contributed by atoms with Crippen LogP contribution in [0.3, 0.4) is 0 Å². The monoisotopic (exact) mass is 1070 g/mol. The Balaban J connectivity index is 4.14. The Kier molecular flexibility index (Phi) is 61.8. The fourth-order valence-corrected chi connectivity index (χ4v) is 9.23. The van der Waals surface area contributed by atoms with E-state index in [2.05, 4.69) is 118 Å². The van der Waals surface area contributed by atoms with Crippen LogP contribution in [0.5, 0.6) is 0 Å². The Morgan fingerprint density at radius 3 is 0.792 bits per heavy atom. The summed E-state index contributed by atoms with van der Waals surface area (Å²) in [7, 11) is 0. The predicted molar refractivity (Wildman–Crippen MR) is 334 cm³/mol. The summed E-state index contributed by atoms with van der Waals surface area (Å²) in [6.45, 7) is 6.54. The Morgan fingerprint density at radius 1 is 0.273 bits per heavy atom. The lowest BCUT2D eigenvalue weighted by molar-refractivity contribution is -0.167. The van der Waals surface area contributed by atoms with Crippen LogP contribution in [0.1, 0.15) is 316 Å². The van der Waals surface area contributed by atoms with Crippen molar-refractivity contribution in [3.05, 3.63) is 97.2 Å². The van der Waals surface area contributed by atoms with Crippen LogP contribution in [-0.2, 0) is 28.6 Å². The van der Waals surface area contributed by atoms with E-state index in [9.17, 15) is 14.4 Å². The van der Waals surface area contributed by atoms with Crippen molar-refractivity contribution in [3.8, 4) is 0 Å². The molecule has 0 bridgehead atoms. The third-order valence-electron chi connectivity index (χ3n) is 14.1. The quantitative estimate of drug-likeness (QED) is 0.0261. The van der Waals surface area contributed by atoms with Crippen LogP contribution in [0.15, 0.2) is 97.2 Å². The highest BCUT2D eigenvalue weighted by Gasteiger charge is 2.19. The summed E-state index contributed by atoms with van der Waals surface area (Å²) in [4.78, 5) is 38.2. The molecule has 0 spiro atoms. The fraction of sp³-hybridized carbons (Fsp3) is 0.732. The summed E-state index contributed by atoms with van der Waals surface area (Å²) in [5.74, 6) is -0.866.